The number of esters is 2. The second-order valence-electron chi connectivity index (χ2n) is 4.85. The second-order valence-corrected chi connectivity index (χ2v) is 4.85. The summed E-state index contributed by atoms with van der Waals surface area (Å²) in [4.78, 5) is 45.2. The molecule has 0 aromatic rings. The molecule has 0 rings (SSSR count). The van der Waals surface area contributed by atoms with Crippen molar-refractivity contribution in [2.24, 2.45) is 5.92 Å². The van der Waals surface area contributed by atoms with Crippen molar-refractivity contribution in [3.8, 4) is 0 Å². The fourth-order valence-electron chi connectivity index (χ4n) is 1.87. The Labute approximate surface area is 130 Å². The number of carbonyl (C=O) groups excluding carboxylic acids is 4. The Morgan fingerprint density at radius 2 is 1.50 bits per heavy atom. The Balaban J connectivity index is 4.59. The minimum atomic E-state index is -0.775. The van der Waals surface area contributed by atoms with Crippen molar-refractivity contribution < 1.29 is 28.7 Å². The van der Waals surface area contributed by atoms with Crippen LogP contribution >= 0.6 is 0 Å². The first-order valence-corrected chi connectivity index (χ1v) is 6.89. The van der Waals surface area contributed by atoms with Gasteiger partial charge in [0.2, 0.25) is 5.91 Å². The van der Waals surface area contributed by atoms with Crippen LogP contribution in [0.4, 0.5) is 0 Å². The highest BCUT2D eigenvalue weighted by molar-refractivity contribution is 5.83. The van der Waals surface area contributed by atoms with Crippen LogP contribution in [0.3, 0.4) is 0 Å². The van der Waals surface area contributed by atoms with E-state index in [-0.39, 0.29) is 24.5 Å². The first-order valence-electron chi connectivity index (χ1n) is 6.89. The Morgan fingerprint density at radius 3 is 1.95 bits per heavy atom. The topological polar surface area (TPSA) is 98.8 Å². The van der Waals surface area contributed by atoms with Gasteiger partial charge in [-0.25, -0.2) is 4.79 Å². The SMILES string of the molecule is COC(=O)[C@H](C/C=C/C[C@H](NC(C)=O)C(=O)OC)CC(C)=O. The second kappa shape index (κ2) is 10.5. The monoisotopic (exact) mass is 313 g/mol. The van der Waals surface area contributed by atoms with Gasteiger partial charge in [0.05, 0.1) is 20.1 Å². The van der Waals surface area contributed by atoms with E-state index in [0.29, 0.717) is 6.42 Å². The molecule has 7 heteroatoms. The normalized spacial score (nSPS) is 13.3. The average molecular weight is 313 g/mol. The van der Waals surface area contributed by atoms with E-state index in [1.807, 2.05) is 0 Å². The molecule has 0 radical (unpaired) electrons. The molecule has 0 saturated heterocycles. The Bertz CT molecular complexity index is 403. The zero-order chi connectivity index (χ0) is 17.1. The number of rotatable bonds is 9. The van der Waals surface area contributed by atoms with E-state index < -0.39 is 23.9 Å². The number of allylic oxidation sites excluding steroid dienone is 1. The van der Waals surface area contributed by atoms with E-state index in [9.17, 15) is 19.2 Å². The molecule has 0 saturated carbocycles. The van der Waals surface area contributed by atoms with E-state index in [2.05, 4.69) is 14.8 Å². The fourth-order valence-corrected chi connectivity index (χ4v) is 1.87. The molecule has 7 nitrogen and oxygen atoms in total. The molecule has 0 aliphatic rings. The number of ketones is 1. The summed E-state index contributed by atoms with van der Waals surface area (Å²) in [5.74, 6) is -1.99. The molecular formula is C15H23NO6. The van der Waals surface area contributed by atoms with Gasteiger partial charge in [-0.2, -0.15) is 0 Å². The third kappa shape index (κ3) is 8.18. The van der Waals surface area contributed by atoms with Crippen LogP contribution in [0.5, 0.6) is 0 Å². The van der Waals surface area contributed by atoms with Crippen molar-refractivity contribution in [1.29, 1.82) is 0 Å². The van der Waals surface area contributed by atoms with Crippen LogP contribution in [-0.2, 0) is 28.7 Å². The number of amides is 1. The predicted octanol–water partition coefficient (Wildman–Crippen LogP) is 0.769. The van der Waals surface area contributed by atoms with Crippen molar-refractivity contribution in [2.45, 2.75) is 39.2 Å². The van der Waals surface area contributed by atoms with Crippen molar-refractivity contribution in [2.75, 3.05) is 14.2 Å². The van der Waals surface area contributed by atoms with Crippen LogP contribution in [-0.4, -0.2) is 43.9 Å². The van der Waals surface area contributed by atoms with Crippen LogP contribution in [0, 0.1) is 5.92 Å². The summed E-state index contributed by atoms with van der Waals surface area (Å²) in [5, 5.41) is 2.47. The van der Waals surface area contributed by atoms with Crippen molar-refractivity contribution in [1.82, 2.24) is 5.32 Å². The molecule has 0 aromatic carbocycles. The van der Waals surface area contributed by atoms with Crippen LogP contribution in [0.15, 0.2) is 12.2 Å². The molecule has 0 heterocycles. The minimum absolute atomic E-state index is 0.100. The number of ether oxygens (including phenoxy) is 2. The van der Waals surface area contributed by atoms with Crippen LogP contribution in [0.2, 0.25) is 0 Å². The Morgan fingerprint density at radius 1 is 0.955 bits per heavy atom. The standard InChI is InChI=1S/C15H23NO6/c1-10(17)9-12(14(19)21-3)7-5-6-8-13(15(20)22-4)16-11(2)18/h5-6,12-13H,7-9H2,1-4H3,(H,16,18)/b6-5+/t12-,13+/m1/s1. The van der Waals surface area contributed by atoms with Gasteiger partial charge in [0.15, 0.2) is 0 Å². The van der Waals surface area contributed by atoms with Gasteiger partial charge in [-0.05, 0) is 19.8 Å². The summed E-state index contributed by atoms with van der Waals surface area (Å²) in [7, 11) is 2.50. The lowest BCUT2D eigenvalue weighted by molar-refractivity contribution is -0.147. The quantitative estimate of drug-likeness (QED) is 0.498. The van der Waals surface area contributed by atoms with Gasteiger partial charge in [-0.1, -0.05) is 12.2 Å². The van der Waals surface area contributed by atoms with E-state index in [0.717, 1.165) is 0 Å². The molecule has 0 spiro atoms. The lowest BCUT2D eigenvalue weighted by Gasteiger charge is -2.13. The minimum Gasteiger partial charge on any atom is -0.469 e. The molecular weight excluding hydrogens is 290 g/mol. The van der Waals surface area contributed by atoms with E-state index in [1.165, 1.54) is 28.1 Å². The number of Topliss-reactive ketones (excluding diaryl/α,β-unsaturated/α-hetero) is 1. The maximum atomic E-state index is 11.5. The Kier molecular flexibility index (Phi) is 9.49. The number of hydrogen-bond acceptors (Lipinski definition) is 6. The van der Waals surface area contributed by atoms with Crippen molar-refractivity contribution >= 4 is 23.6 Å². The summed E-state index contributed by atoms with van der Waals surface area (Å²) in [5.41, 5.74) is 0. The van der Waals surface area contributed by atoms with Crippen LogP contribution in [0.25, 0.3) is 0 Å². The first-order chi connectivity index (χ1) is 10.3. The Hall–Kier alpha value is -2.18. The van der Waals surface area contributed by atoms with Gasteiger partial charge in [0.25, 0.3) is 0 Å². The predicted molar refractivity (Wildman–Crippen MR) is 78.8 cm³/mol. The number of methoxy groups -OCH3 is 2. The highest BCUT2D eigenvalue weighted by Gasteiger charge is 2.20. The summed E-state index contributed by atoms with van der Waals surface area (Å²) in [6.45, 7) is 2.71. The molecule has 0 aliphatic carbocycles. The zero-order valence-electron chi connectivity index (χ0n) is 13.4. The molecule has 124 valence electrons. The summed E-state index contributed by atoms with van der Waals surface area (Å²) < 4.78 is 9.24. The van der Waals surface area contributed by atoms with Gasteiger partial charge in [-0.15, -0.1) is 0 Å². The van der Waals surface area contributed by atoms with Gasteiger partial charge >= 0.3 is 11.9 Å². The lowest BCUT2D eigenvalue weighted by atomic mass is 9.98. The van der Waals surface area contributed by atoms with Crippen molar-refractivity contribution in [3.63, 3.8) is 0 Å². The lowest BCUT2D eigenvalue weighted by Crippen LogP contribution is -2.39. The fraction of sp³-hybridized carbons (Fsp3) is 0.600. The summed E-state index contributed by atoms with van der Waals surface area (Å²) in [6.07, 6.45) is 4.00. The number of hydrogen-bond donors (Lipinski definition) is 1. The van der Waals surface area contributed by atoms with Crippen LogP contribution < -0.4 is 5.32 Å². The number of carbonyl (C=O) groups is 4. The first kappa shape index (κ1) is 19.8. The van der Waals surface area contributed by atoms with Gasteiger partial charge < -0.3 is 19.6 Å². The highest BCUT2D eigenvalue weighted by atomic mass is 16.5. The zero-order valence-corrected chi connectivity index (χ0v) is 13.4. The molecule has 2 atom stereocenters. The summed E-state index contributed by atoms with van der Waals surface area (Å²) >= 11 is 0. The molecule has 0 aliphatic heterocycles. The van der Waals surface area contributed by atoms with Crippen molar-refractivity contribution in [3.05, 3.63) is 12.2 Å². The largest absolute Gasteiger partial charge is 0.469 e. The van der Waals surface area contributed by atoms with Gasteiger partial charge in [-0.3, -0.25) is 9.59 Å². The molecule has 22 heavy (non-hydrogen) atoms. The van der Waals surface area contributed by atoms with Gasteiger partial charge in [0, 0.05) is 13.3 Å². The van der Waals surface area contributed by atoms with Gasteiger partial charge in [0.1, 0.15) is 11.8 Å². The highest BCUT2D eigenvalue weighted by Crippen LogP contribution is 2.13. The molecule has 1 N–H and O–H groups in total. The molecule has 1 amide bonds. The number of nitrogens with one attached hydrogen (secondary N) is 1. The smallest absolute Gasteiger partial charge is 0.328 e. The third-order valence-electron chi connectivity index (χ3n) is 2.89. The summed E-state index contributed by atoms with van der Waals surface area (Å²) in [6, 6.07) is -0.775. The molecule has 0 aromatic heterocycles. The maximum absolute atomic E-state index is 11.5. The van der Waals surface area contributed by atoms with E-state index >= 15 is 0 Å². The average Bonchev–Trinajstić information content (AvgIpc) is 2.46. The van der Waals surface area contributed by atoms with E-state index in [1.54, 1.807) is 12.2 Å². The third-order valence-corrected chi connectivity index (χ3v) is 2.89. The maximum Gasteiger partial charge on any atom is 0.328 e. The molecule has 0 fully saturated rings. The molecule has 0 unspecified atom stereocenters. The molecule has 0 bridgehead atoms. The van der Waals surface area contributed by atoms with Crippen LogP contribution in [0.1, 0.15) is 33.1 Å². The van der Waals surface area contributed by atoms with E-state index in [4.69, 9.17) is 0 Å².